The van der Waals surface area contributed by atoms with Crippen molar-refractivity contribution >= 4 is 40.2 Å². The smallest absolute Gasteiger partial charge is 0.414 e. The summed E-state index contributed by atoms with van der Waals surface area (Å²) in [5.41, 5.74) is 0.405. The van der Waals surface area contributed by atoms with Crippen molar-refractivity contribution in [3.05, 3.63) is 45.3 Å². The Balaban J connectivity index is 0.000000612. The first kappa shape index (κ1) is 24.1. The Labute approximate surface area is 172 Å². The van der Waals surface area contributed by atoms with Crippen molar-refractivity contribution in [2.45, 2.75) is 13.0 Å². The fraction of sp³-hybridized carbons (Fsp3) is 0.368. The molecule has 1 aromatic heterocycles. The molecule has 0 unspecified atom stereocenters. The maximum atomic E-state index is 12.7. The second kappa shape index (κ2) is 10.6. The topological polar surface area (TPSA) is 120 Å². The molecule has 0 radical (unpaired) electrons. The van der Waals surface area contributed by atoms with Crippen LogP contribution in [-0.2, 0) is 16.1 Å². The Hall–Kier alpha value is -2.91. The van der Waals surface area contributed by atoms with Crippen molar-refractivity contribution in [1.29, 1.82) is 0 Å². The van der Waals surface area contributed by atoms with Gasteiger partial charge in [-0.1, -0.05) is 17.7 Å². The number of aliphatic carboxylic acids is 2. The zero-order valence-electron chi connectivity index (χ0n) is 16.7. The van der Waals surface area contributed by atoms with Crippen LogP contribution < -0.4 is 5.56 Å². The lowest BCUT2D eigenvalue weighted by molar-refractivity contribution is -0.159. The van der Waals surface area contributed by atoms with Gasteiger partial charge in [0, 0.05) is 42.6 Å². The van der Waals surface area contributed by atoms with Gasteiger partial charge in [0.15, 0.2) is 0 Å². The highest BCUT2D eigenvalue weighted by Crippen LogP contribution is 2.21. The van der Waals surface area contributed by atoms with Crippen LogP contribution >= 0.6 is 11.6 Å². The van der Waals surface area contributed by atoms with E-state index < -0.39 is 11.9 Å². The van der Waals surface area contributed by atoms with Crippen LogP contribution in [0.1, 0.15) is 16.8 Å². The van der Waals surface area contributed by atoms with Crippen molar-refractivity contribution < 1.29 is 24.6 Å². The largest absolute Gasteiger partial charge is 0.473 e. The summed E-state index contributed by atoms with van der Waals surface area (Å²) in [7, 11) is 7.38. The Bertz CT molecular complexity index is 956. The molecule has 0 aliphatic rings. The van der Waals surface area contributed by atoms with Crippen LogP contribution in [0, 0.1) is 0 Å². The molecule has 0 spiro atoms. The standard InChI is InChI=1S/C17H22ClN3O2.C2H2O4/c1-19(2)8-5-9-21-11-15(16(22)20(3)4)13-7-6-12(18)10-14(13)17(21)23;3-1(4)2(5)6/h6-7,10-11H,5,8-9H2,1-4H3;(H,3,4)(H,5,6). The van der Waals surface area contributed by atoms with Gasteiger partial charge >= 0.3 is 11.9 Å². The molecule has 2 aromatic rings. The van der Waals surface area contributed by atoms with Crippen LogP contribution in [0.15, 0.2) is 29.2 Å². The number of carboxylic acid groups (broad SMARTS) is 2. The highest BCUT2D eigenvalue weighted by molar-refractivity contribution is 6.31. The number of aryl methyl sites for hydroxylation is 1. The molecule has 0 aliphatic carbocycles. The molecule has 0 aliphatic heterocycles. The lowest BCUT2D eigenvalue weighted by Crippen LogP contribution is -2.27. The van der Waals surface area contributed by atoms with Crippen LogP contribution in [0.3, 0.4) is 0 Å². The van der Waals surface area contributed by atoms with Crippen LogP contribution in [-0.4, -0.2) is 77.2 Å². The average molecular weight is 426 g/mol. The molecule has 29 heavy (non-hydrogen) atoms. The lowest BCUT2D eigenvalue weighted by atomic mass is 10.1. The number of halogens is 1. The van der Waals surface area contributed by atoms with Gasteiger partial charge in [-0.3, -0.25) is 9.59 Å². The normalized spacial score (nSPS) is 10.4. The SMILES string of the molecule is CN(C)CCCn1cc(C(=O)N(C)C)c2ccc(Cl)cc2c1=O.O=C(O)C(=O)O. The molecule has 0 saturated heterocycles. The molecule has 1 amide bonds. The monoisotopic (exact) mass is 425 g/mol. The first-order valence-electron chi connectivity index (χ1n) is 8.61. The summed E-state index contributed by atoms with van der Waals surface area (Å²) < 4.78 is 1.61. The van der Waals surface area contributed by atoms with Gasteiger partial charge in [0.2, 0.25) is 0 Å². The summed E-state index contributed by atoms with van der Waals surface area (Å²) >= 11 is 6.03. The molecular weight excluding hydrogens is 402 g/mol. The number of hydrogen-bond donors (Lipinski definition) is 2. The van der Waals surface area contributed by atoms with E-state index in [1.807, 2.05) is 14.1 Å². The van der Waals surface area contributed by atoms with E-state index in [4.69, 9.17) is 31.4 Å². The van der Waals surface area contributed by atoms with Gasteiger partial charge in [-0.2, -0.15) is 0 Å². The molecule has 0 fully saturated rings. The first-order valence-corrected chi connectivity index (χ1v) is 8.98. The Morgan fingerprint density at radius 1 is 1.03 bits per heavy atom. The molecule has 1 heterocycles. The second-order valence-electron chi connectivity index (χ2n) is 6.70. The fourth-order valence-corrected chi connectivity index (χ4v) is 2.67. The predicted octanol–water partition coefficient (Wildman–Crippen LogP) is 1.46. The molecule has 0 atom stereocenters. The van der Waals surface area contributed by atoms with Crippen molar-refractivity contribution in [2.75, 3.05) is 34.7 Å². The van der Waals surface area contributed by atoms with Gasteiger partial charge < -0.3 is 24.6 Å². The average Bonchev–Trinajstić information content (AvgIpc) is 2.63. The number of carbonyl (C=O) groups excluding carboxylic acids is 1. The molecule has 1 aromatic carbocycles. The van der Waals surface area contributed by atoms with E-state index in [1.54, 1.807) is 43.1 Å². The fourth-order valence-electron chi connectivity index (χ4n) is 2.50. The first-order chi connectivity index (χ1) is 13.5. The third kappa shape index (κ3) is 6.88. The van der Waals surface area contributed by atoms with E-state index in [0.29, 0.717) is 27.9 Å². The molecule has 10 heteroatoms. The number of pyridine rings is 1. The lowest BCUT2D eigenvalue weighted by Gasteiger charge is -2.16. The van der Waals surface area contributed by atoms with Crippen molar-refractivity contribution in [1.82, 2.24) is 14.4 Å². The zero-order chi connectivity index (χ0) is 22.3. The number of carbonyl (C=O) groups is 3. The number of carboxylic acids is 2. The maximum absolute atomic E-state index is 12.7. The quantitative estimate of drug-likeness (QED) is 0.696. The highest BCUT2D eigenvalue weighted by atomic mass is 35.5. The zero-order valence-corrected chi connectivity index (χ0v) is 17.4. The molecule has 0 bridgehead atoms. The molecular formula is C19H24ClN3O6. The Kier molecular flexibility index (Phi) is 8.81. The maximum Gasteiger partial charge on any atom is 0.414 e. The molecule has 2 N–H and O–H groups in total. The van der Waals surface area contributed by atoms with E-state index in [2.05, 4.69) is 4.90 Å². The van der Waals surface area contributed by atoms with Crippen molar-refractivity contribution in [2.24, 2.45) is 0 Å². The van der Waals surface area contributed by atoms with E-state index in [-0.39, 0.29) is 11.5 Å². The number of aromatic nitrogens is 1. The third-order valence-corrected chi connectivity index (χ3v) is 4.11. The van der Waals surface area contributed by atoms with Crippen LogP contribution in [0.5, 0.6) is 0 Å². The van der Waals surface area contributed by atoms with Crippen LogP contribution in [0.4, 0.5) is 0 Å². The number of hydrogen-bond acceptors (Lipinski definition) is 5. The number of amides is 1. The van der Waals surface area contributed by atoms with E-state index >= 15 is 0 Å². The van der Waals surface area contributed by atoms with Gasteiger partial charge in [-0.15, -0.1) is 0 Å². The number of nitrogens with zero attached hydrogens (tertiary/aromatic N) is 3. The van der Waals surface area contributed by atoms with Crippen LogP contribution in [0.25, 0.3) is 10.8 Å². The second-order valence-corrected chi connectivity index (χ2v) is 7.13. The summed E-state index contributed by atoms with van der Waals surface area (Å²) in [4.78, 5) is 46.9. The minimum atomic E-state index is -1.82. The Morgan fingerprint density at radius 3 is 2.10 bits per heavy atom. The van der Waals surface area contributed by atoms with Gasteiger partial charge in [0.05, 0.1) is 5.56 Å². The predicted molar refractivity (Wildman–Crippen MR) is 110 cm³/mol. The number of rotatable bonds is 5. The summed E-state index contributed by atoms with van der Waals surface area (Å²) in [6, 6.07) is 5.07. The summed E-state index contributed by atoms with van der Waals surface area (Å²) in [5, 5.41) is 16.4. The van der Waals surface area contributed by atoms with E-state index in [0.717, 1.165) is 13.0 Å². The third-order valence-electron chi connectivity index (χ3n) is 3.87. The van der Waals surface area contributed by atoms with E-state index in [1.165, 1.54) is 4.90 Å². The van der Waals surface area contributed by atoms with Gasteiger partial charge in [0.1, 0.15) is 0 Å². The number of fused-ring (bicyclic) bond motifs is 1. The number of benzene rings is 1. The molecule has 2 rings (SSSR count). The van der Waals surface area contributed by atoms with Crippen LogP contribution in [0.2, 0.25) is 5.02 Å². The molecule has 158 valence electrons. The minimum Gasteiger partial charge on any atom is -0.473 e. The highest BCUT2D eigenvalue weighted by Gasteiger charge is 2.16. The molecule has 9 nitrogen and oxygen atoms in total. The van der Waals surface area contributed by atoms with Gasteiger partial charge in [-0.25, -0.2) is 9.59 Å². The van der Waals surface area contributed by atoms with Crippen molar-refractivity contribution in [3.63, 3.8) is 0 Å². The summed E-state index contributed by atoms with van der Waals surface area (Å²) in [6.45, 7) is 1.43. The minimum absolute atomic E-state index is 0.114. The summed E-state index contributed by atoms with van der Waals surface area (Å²) in [6.07, 6.45) is 2.49. The van der Waals surface area contributed by atoms with Gasteiger partial charge in [-0.05, 0) is 39.2 Å². The Morgan fingerprint density at radius 2 is 1.62 bits per heavy atom. The summed E-state index contributed by atoms with van der Waals surface area (Å²) in [5.74, 6) is -3.77. The van der Waals surface area contributed by atoms with Crippen molar-refractivity contribution in [3.8, 4) is 0 Å². The van der Waals surface area contributed by atoms with E-state index in [9.17, 15) is 9.59 Å². The molecule has 0 saturated carbocycles. The van der Waals surface area contributed by atoms with Gasteiger partial charge in [0.25, 0.3) is 11.5 Å².